The van der Waals surface area contributed by atoms with Crippen LogP contribution < -0.4 is 0 Å². The molecule has 0 amide bonds. The summed E-state index contributed by atoms with van der Waals surface area (Å²) in [6.45, 7) is 3.52. The predicted octanol–water partition coefficient (Wildman–Crippen LogP) is 3.39. The normalized spacial score (nSPS) is 20.6. The van der Waals surface area contributed by atoms with Crippen molar-refractivity contribution in [2.75, 3.05) is 25.6 Å². The van der Waals surface area contributed by atoms with Gasteiger partial charge >= 0.3 is 0 Å². The number of benzene rings is 1. The van der Waals surface area contributed by atoms with Gasteiger partial charge in [0.15, 0.2) is 0 Å². The van der Waals surface area contributed by atoms with Crippen LogP contribution in [0.4, 0.5) is 0 Å². The van der Waals surface area contributed by atoms with Crippen LogP contribution in [0.5, 0.6) is 0 Å². The van der Waals surface area contributed by atoms with E-state index >= 15 is 0 Å². The number of hydrogen-bond acceptors (Lipinski definition) is 3. The molecule has 0 aromatic heterocycles. The third kappa shape index (κ3) is 3.43. The SMILES string of the molecule is CSCC(C)N(C)CC1Cc2ccccc2S1. The summed E-state index contributed by atoms with van der Waals surface area (Å²) in [5, 5.41) is 0.738. The van der Waals surface area contributed by atoms with Crippen molar-refractivity contribution in [3.05, 3.63) is 29.8 Å². The van der Waals surface area contributed by atoms with Gasteiger partial charge in [-0.25, -0.2) is 0 Å². The molecule has 0 radical (unpaired) electrons. The van der Waals surface area contributed by atoms with Crippen molar-refractivity contribution >= 4 is 23.5 Å². The lowest BCUT2D eigenvalue weighted by Gasteiger charge is -2.26. The highest BCUT2D eigenvalue weighted by atomic mass is 32.2. The van der Waals surface area contributed by atoms with Gasteiger partial charge in [-0.05, 0) is 38.3 Å². The van der Waals surface area contributed by atoms with Gasteiger partial charge in [0.25, 0.3) is 0 Å². The van der Waals surface area contributed by atoms with Gasteiger partial charge in [0.05, 0.1) is 0 Å². The largest absolute Gasteiger partial charge is 0.302 e. The van der Waals surface area contributed by atoms with Crippen molar-refractivity contribution < 1.29 is 0 Å². The summed E-state index contributed by atoms with van der Waals surface area (Å²) in [5.74, 6) is 1.22. The van der Waals surface area contributed by atoms with Crippen LogP contribution in [0.1, 0.15) is 12.5 Å². The minimum Gasteiger partial charge on any atom is -0.302 e. The van der Waals surface area contributed by atoms with Gasteiger partial charge in [-0.15, -0.1) is 11.8 Å². The zero-order valence-electron chi connectivity index (χ0n) is 10.8. The van der Waals surface area contributed by atoms with Crippen molar-refractivity contribution in [1.29, 1.82) is 0 Å². The smallest absolute Gasteiger partial charge is 0.0263 e. The quantitative estimate of drug-likeness (QED) is 0.805. The highest BCUT2D eigenvalue weighted by Crippen LogP contribution is 2.37. The topological polar surface area (TPSA) is 3.24 Å². The van der Waals surface area contributed by atoms with Gasteiger partial charge in [0.2, 0.25) is 0 Å². The molecule has 3 heteroatoms. The van der Waals surface area contributed by atoms with Crippen molar-refractivity contribution in [1.82, 2.24) is 4.90 Å². The Morgan fingerprint density at radius 3 is 2.94 bits per heavy atom. The molecule has 0 saturated heterocycles. The molecule has 0 N–H and O–H groups in total. The van der Waals surface area contributed by atoms with E-state index in [1.165, 1.54) is 29.2 Å². The van der Waals surface area contributed by atoms with Crippen LogP contribution >= 0.6 is 23.5 Å². The van der Waals surface area contributed by atoms with Gasteiger partial charge in [0, 0.05) is 28.5 Å². The first kappa shape index (κ1) is 13.3. The maximum Gasteiger partial charge on any atom is 0.0263 e. The lowest BCUT2D eigenvalue weighted by atomic mass is 10.1. The monoisotopic (exact) mass is 267 g/mol. The Morgan fingerprint density at radius 2 is 2.24 bits per heavy atom. The molecule has 1 aromatic carbocycles. The zero-order chi connectivity index (χ0) is 12.3. The second kappa shape index (κ2) is 6.17. The Hall–Kier alpha value is -0.120. The summed E-state index contributed by atoms with van der Waals surface area (Å²) in [6.07, 6.45) is 3.42. The average Bonchev–Trinajstić information content (AvgIpc) is 2.71. The van der Waals surface area contributed by atoms with Crippen molar-refractivity contribution in [2.45, 2.75) is 29.5 Å². The van der Waals surface area contributed by atoms with Gasteiger partial charge in [-0.2, -0.15) is 11.8 Å². The first-order chi connectivity index (χ1) is 8.20. The van der Waals surface area contributed by atoms with Crippen LogP contribution in [0.2, 0.25) is 0 Å². The summed E-state index contributed by atoms with van der Waals surface area (Å²) >= 11 is 3.99. The fourth-order valence-electron chi connectivity index (χ4n) is 2.23. The maximum absolute atomic E-state index is 2.50. The van der Waals surface area contributed by atoms with Crippen molar-refractivity contribution in [3.63, 3.8) is 0 Å². The molecule has 0 saturated carbocycles. The molecule has 17 heavy (non-hydrogen) atoms. The third-order valence-corrected chi connectivity index (χ3v) is 5.48. The van der Waals surface area contributed by atoms with Crippen LogP contribution in [0, 0.1) is 0 Å². The number of fused-ring (bicyclic) bond motifs is 1. The molecule has 0 aliphatic carbocycles. The third-order valence-electron chi connectivity index (χ3n) is 3.37. The second-order valence-corrected chi connectivity index (χ2v) is 7.05. The minimum absolute atomic E-state index is 0.675. The van der Waals surface area contributed by atoms with E-state index in [2.05, 4.69) is 61.2 Å². The summed E-state index contributed by atoms with van der Waals surface area (Å²) in [6, 6.07) is 9.50. The predicted molar refractivity (Wildman–Crippen MR) is 80.3 cm³/mol. The lowest BCUT2D eigenvalue weighted by molar-refractivity contribution is 0.279. The van der Waals surface area contributed by atoms with E-state index in [1.54, 1.807) is 0 Å². The van der Waals surface area contributed by atoms with E-state index in [1.807, 2.05) is 11.8 Å². The van der Waals surface area contributed by atoms with Gasteiger partial charge in [-0.1, -0.05) is 18.2 Å². The Kier molecular flexibility index (Phi) is 4.83. The van der Waals surface area contributed by atoms with Gasteiger partial charge in [-0.3, -0.25) is 0 Å². The number of thioether (sulfide) groups is 2. The van der Waals surface area contributed by atoms with Gasteiger partial charge < -0.3 is 4.90 Å². The van der Waals surface area contributed by atoms with Crippen molar-refractivity contribution in [2.24, 2.45) is 0 Å². The second-order valence-electron chi connectivity index (χ2n) is 4.80. The van der Waals surface area contributed by atoms with Gasteiger partial charge in [0.1, 0.15) is 0 Å². The molecule has 2 atom stereocenters. The Balaban J connectivity index is 1.87. The molecule has 0 fully saturated rings. The molecule has 94 valence electrons. The summed E-state index contributed by atoms with van der Waals surface area (Å²) < 4.78 is 0. The van der Waals surface area contributed by atoms with Crippen LogP contribution in [0.15, 0.2) is 29.2 Å². The van der Waals surface area contributed by atoms with E-state index in [-0.39, 0.29) is 0 Å². The van der Waals surface area contributed by atoms with E-state index in [0.717, 1.165) is 5.25 Å². The van der Waals surface area contributed by atoms with E-state index < -0.39 is 0 Å². The first-order valence-electron chi connectivity index (χ1n) is 6.14. The molecule has 2 rings (SSSR count). The fourth-order valence-corrected chi connectivity index (χ4v) is 4.35. The molecule has 1 heterocycles. The fraction of sp³-hybridized carbons (Fsp3) is 0.571. The molecule has 2 unspecified atom stereocenters. The highest BCUT2D eigenvalue weighted by molar-refractivity contribution is 8.00. The number of rotatable bonds is 5. The number of nitrogens with zero attached hydrogens (tertiary/aromatic N) is 1. The molecule has 0 spiro atoms. The van der Waals surface area contributed by atoms with Crippen LogP contribution in [0.3, 0.4) is 0 Å². The van der Waals surface area contributed by atoms with E-state index in [4.69, 9.17) is 0 Å². The summed E-state index contributed by atoms with van der Waals surface area (Å²) in [5.41, 5.74) is 1.54. The molecule has 1 aliphatic rings. The molecule has 0 bridgehead atoms. The molecule has 1 nitrogen and oxygen atoms in total. The van der Waals surface area contributed by atoms with Crippen LogP contribution in [0.25, 0.3) is 0 Å². The summed E-state index contributed by atoms with van der Waals surface area (Å²) in [7, 11) is 2.25. The average molecular weight is 267 g/mol. The molecule has 1 aromatic rings. The molecule has 1 aliphatic heterocycles. The highest BCUT2D eigenvalue weighted by Gasteiger charge is 2.23. The Labute approximate surface area is 113 Å². The summed E-state index contributed by atoms with van der Waals surface area (Å²) in [4.78, 5) is 3.99. The van der Waals surface area contributed by atoms with Crippen LogP contribution in [-0.4, -0.2) is 41.8 Å². The molecular weight excluding hydrogens is 246 g/mol. The molecular formula is C14H21NS2. The Bertz CT molecular complexity index is 342. The first-order valence-corrected chi connectivity index (χ1v) is 8.41. The lowest BCUT2D eigenvalue weighted by Crippen LogP contribution is -2.36. The minimum atomic E-state index is 0.675. The standard InChI is InChI=1S/C14H21NS2/c1-11(10-16-3)15(2)9-13-8-12-6-4-5-7-14(12)17-13/h4-7,11,13H,8-10H2,1-3H3. The number of hydrogen-bond donors (Lipinski definition) is 0. The van der Waals surface area contributed by atoms with Crippen LogP contribution in [-0.2, 0) is 6.42 Å². The zero-order valence-corrected chi connectivity index (χ0v) is 12.5. The van der Waals surface area contributed by atoms with Crippen molar-refractivity contribution in [3.8, 4) is 0 Å². The van der Waals surface area contributed by atoms with E-state index in [9.17, 15) is 0 Å². The maximum atomic E-state index is 2.50. The Morgan fingerprint density at radius 1 is 1.47 bits per heavy atom. The van der Waals surface area contributed by atoms with E-state index in [0.29, 0.717) is 6.04 Å².